The van der Waals surface area contributed by atoms with Crippen LogP contribution in [0.4, 0.5) is 4.39 Å². The molecule has 21 heavy (non-hydrogen) atoms. The third-order valence-corrected chi connectivity index (χ3v) is 7.85. The Labute approximate surface area is 140 Å². The summed E-state index contributed by atoms with van der Waals surface area (Å²) in [6, 6.07) is 5.10. The van der Waals surface area contributed by atoms with Crippen molar-refractivity contribution in [2.24, 2.45) is 0 Å². The molecule has 0 amide bonds. The predicted molar refractivity (Wildman–Crippen MR) is 95.3 cm³/mol. The maximum atomic E-state index is 13.2. The molecule has 1 fully saturated rings. The Morgan fingerprint density at radius 1 is 1.38 bits per heavy atom. The fourth-order valence-electron chi connectivity index (χ4n) is 2.54. The highest BCUT2D eigenvalue weighted by Crippen LogP contribution is 2.38. The smallest absolute Gasteiger partial charge is 0.124 e. The number of likely N-dealkylation sites (N-methyl/N-ethyl adjacent to an activating group) is 1. The molecule has 1 N–H and O–H groups in total. The van der Waals surface area contributed by atoms with E-state index in [4.69, 9.17) is 11.6 Å². The standard InChI is InChI=1S/C16H23ClFNS2/c1-4-19-15(16-9-20-10(2)11(3)21-16)7-12-5-6-13(18)8-14(12)17/h5-6,8,10-11,15-16,19H,4,7,9H2,1-3H3. The van der Waals surface area contributed by atoms with Crippen molar-refractivity contribution in [2.75, 3.05) is 12.3 Å². The molecule has 1 aliphatic heterocycles. The van der Waals surface area contributed by atoms with Gasteiger partial charge in [-0.25, -0.2) is 4.39 Å². The van der Waals surface area contributed by atoms with Gasteiger partial charge in [-0.15, -0.1) is 0 Å². The molecule has 4 atom stereocenters. The average molecular weight is 348 g/mol. The molecule has 1 aromatic carbocycles. The zero-order chi connectivity index (χ0) is 15.4. The predicted octanol–water partition coefficient (Wildman–Crippen LogP) is 4.63. The van der Waals surface area contributed by atoms with E-state index in [1.165, 1.54) is 12.1 Å². The van der Waals surface area contributed by atoms with Gasteiger partial charge >= 0.3 is 0 Å². The molecule has 0 aliphatic carbocycles. The van der Waals surface area contributed by atoms with Gasteiger partial charge < -0.3 is 5.32 Å². The van der Waals surface area contributed by atoms with Gasteiger partial charge in [0, 0.05) is 32.6 Å². The number of thioether (sulfide) groups is 2. The first-order valence-electron chi connectivity index (χ1n) is 7.45. The van der Waals surface area contributed by atoms with Crippen LogP contribution in [0.5, 0.6) is 0 Å². The summed E-state index contributed by atoms with van der Waals surface area (Å²) in [7, 11) is 0. The van der Waals surface area contributed by atoms with Crippen LogP contribution < -0.4 is 5.32 Å². The minimum Gasteiger partial charge on any atom is -0.313 e. The Morgan fingerprint density at radius 3 is 2.76 bits per heavy atom. The van der Waals surface area contributed by atoms with Gasteiger partial charge in [0.05, 0.1) is 0 Å². The Balaban J connectivity index is 2.08. The van der Waals surface area contributed by atoms with E-state index in [9.17, 15) is 4.39 Å². The van der Waals surface area contributed by atoms with E-state index in [-0.39, 0.29) is 5.82 Å². The molecule has 2 rings (SSSR count). The number of rotatable bonds is 5. The zero-order valence-electron chi connectivity index (χ0n) is 12.7. The molecular formula is C16H23ClFNS2. The summed E-state index contributed by atoms with van der Waals surface area (Å²) in [4.78, 5) is 0. The van der Waals surface area contributed by atoms with Crippen molar-refractivity contribution in [1.82, 2.24) is 5.32 Å². The molecule has 5 heteroatoms. The van der Waals surface area contributed by atoms with Crippen molar-refractivity contribution in [3.63, 3.8) is 0 Å². The Kier molecular flexibility index (Phi) is 6.73. The number of nitrogens with one attached hydrogen (secondary N) is 1. The zero-order valence-corrected chi connectivity index (χ0v) is 15.1. The van der Waals surface area contributed by atoms with Gasteiger partial charge in [-0.3, -0.25) is 0 Å². The SMILES string of the molecule is CCNC(Cc1ccc(F)cc1Cl)C1CSC(C)C(C)S1. The highest BCUT2D eigenvalue weighted by atomic mass is 35.5. The molecule has 0 aromatic heterocycles. The Morgan fingerprint density at radius 2 is 2.14 bits per heavy atom. The molecule has 118 valence electrons. The lowest BCUT2D eigenvalue weighted by Crippen LogP contribution is -2.44. The van der Waals surface area contributed by atoms with Crippen molar-refractivity contribution in [3.8, 4) is 0 Å². The molecule has 1 saturated heterocycles. The van der Waals surface area contributed by atoms with Crippen LogP contribution in [-0.2, 0) is 6.42 Å². The second-order valence-electron chi connectivity index (χ2n) is 5.52. The largest absolute Gasteiger partial charge is 0.313 e. The van der Waals surface area contributed by atoms with Crippen molar-refractivity contribution >= 4 is 35.1 Å². The lowest BCUT2D eigenvalue weighted by Gasteiger charge is -2.36. The summed E-state index contributed by atoms with van der Waals surface area (Å²) in [6.45, 7) is 7.68. The molecule has 0 saturated carbocycles. The van der Waals surface area contributed by atoms with Gasteiger partial charge in [0.15, 0.2) is 0 Å². The van der Waals surface area contributed by atoms with Gasteiger partial charge in [0.2, 0.25) is 0 Å². The molecule has 0 radical (unpaired) electrons. The highest BCUT2D eigenvalue weighted by molar-refractivity contribution is 8.07. The van der Waals surface area contributed by atoms with Crippen molar-refractivity contribution in [2.45, 2.75) is 49.0 Å². The number of halogens is 2. The minimum absolute atomic E-state index is 0.270. The average Bonchev–Trinajstić information content (AvgIpc) is 2.44. The first-order valence-corrected chi connectivity index (χ1v) is 9.82. The van der Waals surface area contributed by atoms with E-state index >= 15 is 0 Å². The Bertz CT molecular complexity index is 472. The number of hydrogen-bond acceptors (Lipinski definition) is 3. The van der Waals surface area contributed by atoms with Crippen LogP contribution >= 0.6 is 35.1 Å². The molecule has 1 heterocycles. The van der Waals surface area contributed by atoms with Crippen LogP contribution in [0.1, 0.15) is 26.3 Å². The summed E-state index contributed by atoms with van der Waals surface area (Å²) >= 11 is 10.3. The van der Waals surface area contributed by atoms with E-state index in [2.05, 4.69) is 49.6 Å². The number of benzene rings is 1. The van der Waals surface area contributed by atoms with Crippen LogP contribution in [0.3, 0.4) is 0 Å². The molecule has 1 nitrogen and oxygen atoms in total. The van der Waals surface area contributed by atoms with E-state index in [1.807, 2.05) is 6.07 Å². The first-order chi connectivity index (χ1) is 10.0. The van der Waals surface area contributed by atoms with E-state index in [0.717, 1.165) is 24.3 Å². The third-order valence-electron chi connectivity index (χ3n) is 3.94. The van der Waals surface area contributed by atoms with Gasteiger partial charge in [0.25, 0.3) is 0 Å². The van der Waals surface area contributed by atoms with Crippen LogP contribution in [-0.4, -0.2) is 34.1 Å². The quantitative estimate of drug-likeness (QED) is 0.834. The van der Waals surface area contributed by atoms with E-state index < -0.39 is 0 Å². The maximum Gasteiger partial charge on any atom is 0.124 e. The van der Waals surface area contributed by atoms with Crippen LogP contribution in [0.25, 0.3) is 0 Å². The monoisotopic (exact) mass is 347 g/mol. The van der Waals surface area contributed by atoms with Crippen molar-refractivity contribution in [1.29, 1.82) is 0 Å². The topological polar surface area (TPSA) is 12.0 Å². The van der Waals surface area contributed by atoms with E-state index in [0.29, 0.717) is 26.8 Å². The van der Waals surface area contributed by atoms with Crippen LogP contribution in [0, 0.1) is 5.82 Å². The molecule has 4 unspecified atom stereocenters. The van der Waals surface area contributed by atoms with Crippen molar-refractivity contribution in [3.05, 3.63) is 34.6 Å². The van der Waals surface area contributed by atoms with Crippen molar-refractivity contribution < 1.29 is 4.39 Å². The molecule has 1 aromatic rings. The molecular weight excluding hydrogens is 325 g/mol. The van der Waals surface area contributed by atoms with Crippen LogP contribution in [0.2, 0.25) is 5.02 Å². The molecule has 1 aliphatic rings. The lowest BCUT2D eigenvalue weighted by molar-refractivity contribution is 0.519. The normalized spacial score (nSPS) is 27.6. The Hall–Kier alpha value is 0.1000. The second kappa shape index (κ2) is 8.09. The lowest BCUT2D eigenvalue weighted by atomic mass is 10.0. The number of hydrogen-bond donors (Lipinski definition) is 1. The van der Waals surface area contributed by atoms with Gasteiger partial charge in [-0.05, 0) is 30.7 Å². The summed E-state index contributed by atoms with van der Waals surface area (Å²) in [5.74, 6) is 0.890. The van der Waals surface area contributed by atoms with E-state index in [1.54, 1.807) is 0 Å². The minimum atomic E-state index is -0.270. The van der Waals surface area contributed by atoms with Gasteiger partial charge in [-0.1, -0.05) is 38.4 Å². The third kappa shape index (κ3) is 4.78. The highest BCUT2D eigenvalue weighted by Gasteiger charge is 2.31. The van der Waals surface area contributed by atoms with Gasteiger partial charge in [0.1, 0.15) is 5.82 Å². The van der Waals surface area contributed by atoms with Crippen LogP contribution in [0.15, 0.2) is 18.2 Å². The molecule has 0 bridgehead atoms. The maximum absolute atomic E-state index is 13.2. The summed E-state index contributed by atoms with van der Waals surface area (Å²) in [5, 5.41) is 6.07. The summed E-state index contributed by atoms with van der Waals surface area (Å²) < 4.78 is 13.2. The fraction of sp³-hybridized carbons (Fsp3) is 0.625. The first kappa shape index (κ1) is 17.5. The summed E-state index contributed by atoms with van der Waals surface area (Å²) in [5.41, 5.74) is 1.03. The second-order valence-corrected chi connectivity index (χ2v) is 8.96. The molecule has 0 spiro atoms. The van der Waals surface area contributed by atoms with Gasteiger partial charge in [-0.2, -0.15) is 23.5 Å². The summed E-state index contributed by atoms with van der Waals surface area (Å²) in [6.07, 6.45) is 0.853. The fourth-order valence-corrected chi connectivity index (χ4v) is 5.91.